The molecule has 0 fully saturated rings. The van der Waals surface area contributed by atoms with Gasteiger partial charge in [0.15, 0.2) is 10.8 Å². The molecule has 0 spiro atoms. The van der Waals surface area contributed by atoms with Gasteiger partial charge >= 0.3 is 0 Å². The number of benzene rings is 1. The number of aliphatic hydroxyl groups excluding tert-OH is 1. The molecule has 3 heterocycles. The third-order valence-corrected chi connectivity index (χ3v) is 5.96. The molecule has 1 aromatic carbocycles. The van der Waals surface area contributed by atoms with E-state index >= 15 is 0 Å². The van der Waals surface area contributed by atoms with Crippen LogP contribution in [0.4, 0.5) is 13.2 Å². The number of Topliss-reactive ketones (excluding diaryl/α,β-unsaturated/α-hetero) is 1. The van der Waals surface area contributed by atoms with Crippen LogP contribution in [0, 0.1) is 23.4 Å². The van der Waals surface area contributed by atoms with Crippen LogP contribution in [0.15, 0.2) is 29.4 Å². The van der Waals surface area contributed by atoms with Crippen LogP contribution >= 0.6 is 11.3 Å². The molecule has 1 aliphatic heterocycles. The van der Waals surface area contributed by atoms with Gasteiger partial charge in [0, 0.05) is 24.5 Å². The normalized spacial score (nSPS) is 21.5. The second-order valence-electron chi connectivity index (χ2n) is 7.31. The molecule has 0 aliphatic carbocycles. The highest BCUT2D eigenvalue weighted by Crippen LogP contribution is 2.32. The van der Waals surface area contributed by atoms with Crippen molar-refractivity contribution in [2.24, 2.45) is 10.9 Å². The quantitative estimate of drug-likeness (QED) is 0.376. The zero-order valence-corrected chi connectivity index (χ0v) is 17.0. The van der Waals surface area contributed by atoms with E-state index < -0.39 is 46.5 Å². The molecule has 1 aliphatic rings. The number of carbonyl (C=O) groups is 1. The lowest BCUT2D eigenvalue weighted by molar-refractivity contribution is 0.0570. The lowest BCUT2D eigenvalue weighted by Gasteiger charge is -2.28. The molecule has 0 radical (unpaired) electrons. The van der Waals surface area contributed by atoms with E-state index in [0.717, 1.165) is 5.69 Å². The fraction of sp³-hybridized carbons (Fsp3) is 0.316. The summed E-state index contributed by atoms with van der Waals surface area (Å²) < 4.78 is 41.0. The number of hydrogen-bond acceptors (Lipinski definition) is 8. The average molecular weight is 450 g/mol. The summed E-state index contributed by atoms with van der Waals surface area (Å²) >= 11 is 1.31. The van der Waals surface area contributed by atoms with Gasteiger partial charge in [0.1, 0.15) is 28.7 Å². The van der Waals surface area contributed by atoms with Crippen LogP contribution < -0.4 is 5.32 Å². The number of aromatic nitrogens is 4. The van der Waals surface area contributed by atoms with Crippen molar-refractivity contribution in [1.29, 1.82) is 0 Å². The Morgan fingerprint density at radius 1 is 1.35 bits per heavy atom. The molecule has 0 bridgehead atoms. The van der Waals surface area contributed by atoms with E-state index in [1.165, 1.54) is 17.6 Å². The fourth-order valence-electron chi connectivity index (χ4n) is 3.33. The van der Waals surface area contributed by atoms with Crippen LogP contribution in [0.3, 0.4) is 0 Å². The topological polar surface area (TPSA) is 116 Å². The number of carbonyl (C=O) groups excluding carboxylic acids is 1. The number of H-pyrrole nitrogens is 1. The van der Waals surface area contributed by atoms with E-state index in [9.17, 15) is 23.1 Å². The largest absolute Gasteiger partial charge is 0.376 e. The molecule has 3 unspecified atom stereocenters. The smallest absolute Gasteiger partial charge is 0.177 e. The number of aromatic amines is 1. The van der Waals surface area contributed by atoms with E-state index in [1.807, 2.05) is 0 Å². The first-order chi connectivity index (χ1) is 14.8. The summed E-state index contributed by atoms with van der Waals surface area (Å²) in [6.45, 7) is 1.81. The number of halogens is 3. The number of nitrogens with one attached hydrogen (secondary N) is 2. The zero-order valence-electron chi connectivity index (χ0n) is 16.1. The molecular weight excluding hydrogens is 433 g/mol. The van der Waals surface area contributed by atoms with Crippen molar-refractivity contribution in [1.82, 2.24) is 25.7 Å². The zero-order chi connectivity index (χ0) is 22.2. The Morgan fingerprint density at radius 3 is 2.77 bits per heavy atom. The molecule has 0 amide bonds. The molecule has 31 heavy (non-hydrogen) atoms. The van der Waals surface area contributed by atoms with Gasteiger partial charge in [-0.05, 0) is 19.4 Å². The van der Waals surface area contributed by atoms with E-state index in [4.69, 9.17) is 0 Å². The first-order valence-electron chi connectivity index (χ1n) is 9.24. The van der Waals surface area contributed by atoms with Crippen LogP contribution in [0.5, 0.6) is 0 Å². The van der Waals surface area contributed by atoms with Gasteiger partial charge in [-0.25, -0.2) is 13.2 Å². The number of ketones is 1. The minimum atomic E-state index is -1.27. The van der Waals surface area contributed by atoms with Gasteiger partial charge < -0.3 is 5.11 Å². The number of nitrogens with zero attached hydrogens (tertiary/aromatic N) is 4. The molecule has 3 aromatic rings. The second-order valence-corrected chi connectivity index (χ2v) is 8.37. The van der Waals surface area contributed by atoms with Crippen molar-refractivity contribution in [2.75, 3.05) is 0 Å². The standard InChI is InChI=1S/C19H17F3N6O2S/c1-19(18(30)23-8-14-27-28-17(31-14)13-2-3-25-26-13)6-9(7-24-19)16(29)15-11(21)4-10(20)5-12(15)22/h2-5,7,9,18,23,30H,6,8H2,1H3,(H,25,26). The molecule has 0 saturated heterocycles. The van der Waals surface area contributed by atoms with Crippen molar-refractivity contribution < 1.29 is 23.1 Å². The van der Waals surface area contributed by atoms with Crippen molar-refractivity contribution in [3.8, 4) is 10.7 Å². The first-order valence-corrected chi connectivity index (χ1v) is 10.1. The predicted octanol–water partition coefficient (Wildman–Crippen LogP) is 2.49. The number of hydrogen-bond donors (Lipinski definition) is 3. The highest BCUT2D eigenvalue weighted by atomic mass is 32.1. The first kappa shape index (κ1) is 21.3. The van der Waals surface area contributed by atoms with Gasteiger partial charge in [-0.3, -0.25) is 20.2 Å². The fourth-order valence-corrected chi connectivity index (χ4v) is 4.09. The molecule has 2 aromatic heterocycles. The summed E-state index contributed by atoms with van der Waals surface area (Å²) in [6.07, 6.45) is 1.71. The predicted molar refractivity (Wildman–Crippen MR) is 106 cm³/mol. The Hall–Kier alpha value is -2.96. The lowest BCUT2D eigenvalue weighted by Crippen LogP contribution is -2.46. The van der Waals surface area contributed by atoms with Gasteiger partial charge in [-0.15, -0.1) is 10.2 Å². The van der Waals surface area contributed by atoms with Gasteiger partial charge in [-0.2, -0.15) is 5.10 Å². The van der Waals surface area contributed by atoms with E-state index in [0.29, 0.717) is 22.1 Å². The van der Waals surface area contributed by atoms with Crippen LogP contribution in [0.25, 0.3) is 10.7 Å². The van der Waals surface area contributed by atoms with E-state index in [1.54, 1.807) is 19.2 Å². The van der Waals surface area contributed by atoms with Crippen molar-refractivity contribution in [3.05, 3.63) is 52.4 Å². The Kier molecular flexibility index (Phi) is 5.69. The Labute approximate surface area is 178 Å². The highest BCUT2D eigenvalue weighted by molar-refractivity contribution is 7.14. The third-order valence-electron chi connectivity index (χ3n) is 5.01. The Balaban J connectivity index is 1.39. The van der Waals surface area contributed by atoms with Gasteiger partial charge in [0.2, 0.25) is 0 Å². The molecule has 162 valence electrons. The average Bonchev–Trinajstić information content (AvgIpc) is 3.46. The van der Waals surface area contributed by atoms with Crippen LogP contribution in [0.2, 0.25) is 0 Å². The summed E-state index contributed by atoms with van der Waals surface area (Å²) in [5.41, 5.74) is -1.20. The summed E-state index contributed by atoms with van der Waals surface area (Å²) in [5, 5.41) is 29.4. The minimum absolute atomic E-state index is 0.0196. The Morgan fingerprint density at radius 2 is 2.10 bits per heavy atom. The lowest BCUT2D eigenvalue weighted by atomic mass is 9.87. The molecule has 8 nitrogen and oxygen atoms in total. The molecule has 3 atom stereocenters. The van der Waals surface area contributed by atoms with E-state index in [2.05, 4.69) is 30.7 Å². The maximum atomic E-state index is 14.0. The van der Waals surface area contributed by atoms with Crippen molar-refractivity contribution in [2.45, 2.75) is 31.7 Å². The number of aliphatic imine (C=N–C) groups is 1. The van der Waals surface area contributed by atoms with Crippen LogP contribution in [-0.2, 0) is 6.54 Å². The summed E-state index contributed by atoms with van der Waals surface area (Å²) in [7, 11) is 0. The molecule has 4 rings (SSSR count). The van der Waals surface area contributed by atoms with Crippen LogP contribution in [-0.4, -0.2) is 49.3 Å². The summed E-state index contributed by atoms with van der Waals surface area (Å²) in [5.74, 6) is -5.46. The number of aliphatic hydroxyl groups is 1. The maximum absolute atomic E-state index is 14.0. The SMILES string of the molecule is CC1(C(O)NCc2nnc(-c3ccn[nH]3)s2)CC(C(=O)c2c(F)cc(F)cc2F)C=N1. The highest BCUT2D eigenvalue weighted by Gasteiger charge is 2.42. The van der Waals surface area contributed by atoms with Crippen molar-refractivity contribution in [3.63, 3.8) is 0 Å². The van der Waals surface area contributed by atoms with Gasteiger partial charge in [0.25, 0.3) is 0 Å². The third kappa shape index (κ3) is 4.27. The molecular formula is C19H17F3N6O2S. The number of rotatable bonds is 7. The Bertz CT molecular complexity index is 1110. The van der Waals surface area contributed by atoms with Crippen LogP contribution in [0.1, 0.15) is 28.7 Å². The maximum Gasteiger partial charge on any atom is 0.177 e. The molecule has 0 saturated carbocycles. The monoisotopic (exact) mass is 450 g/mol. The second kappa shape index (κ2) is 8.29. The minimum Gasteiger partial charge on any atom is -0.376 e. The summed E-state index contributed by atoms with van der Waals surface area (Å²) in [4.78, 5) is 16.8. The molecule has 3 N–H and O–H groups in total. The van der Waals surface area contributed by atoms with Crippen molar-refractivity contribution >= 4 is 23.3 Å². The van der Waals surface area contributed by atoms with Gasteiger partial charge in [0.05, 0.1) is 29.3 Å². The van der Waals surface area contributed by atoms with Gasteiger partial charge in [-0.1, -0.05) is 11.3 Å². The summed E-state index contributed by atoms with van der Waals surface area (Å²) in [6, 6.07) is 2.67. The molecule has 12 heteroatoms. The van der Waals surface area contributed by atoms with E-state index in [-0.39, 0.29) is 13.0 Å².